The molecule has 2 rings (SSSR count). The van der Waals surface area contributed by atoms with Gasteiger partial charge in [0, 0.05) is 12.1 Å². The molecule has 1 heterocycles. The average molecular weight is 209 g/mol. The Labute approximate surface area is 88.2 Å². The Balaban J connectivity index is 2.63. The van der Waals surface area contributed by atoms with E-state index >= 15 is 0 Å². The first-order valence-electron chi connectivity index (χ1n) is 4.84. The Hall–Kier alpha value is -0.905. The number of rotatable bonds is 1. The maximum absolute atomic E-state index is 13.8. The second-order valence-corrected chi connectivity index (χ2v) is 4.23. The molecule has 3 nitrogen and oxygen atoms in total. The van der Waals surface area contributed by atoms with Crippen LogP contribution in [0, 0.1) is 5.82 Å². The molecule has 0 spiro atoms. The highest BCUT2D eigenvalue weighted by Crippen LogP contribution is 2.32. The van der Waals surface area contributed by atoms with Crippen molar-refractivity contribution in [1.82, 2.24) is 0 Å². The van der Waals surface area contributed by atoms with E-state index in [1.165, 1.54) is 6.07 Å². The lowest BCUT2D eigenvalue weighted by atomic mass is 9.77. The van der Waals surface area contributed by atoms with Crippen molar-refractivity contribution in [1.29, 1.82) is 0 Å². The Bertz CT molecular complexity index is 409. The lowest BCUT2D eigenvalue weighted by molar-refractivity contribution is 0.0974. The molecule has 0 saturated heterocycles. The van der Waals surface area contributed by atoms with E-state index in [9.17, 15) is 9.41 Å². The van der Waals surface area contributed by atoms with Crippen molar-refractivity contribution in [3.05, 3.63) is 29.1 Å². The number of halogens is 1. The third-order valence-corrected chi connectivity index (χ3v) is 2.69. The normalized spacial score (nSPS) is 18.1. The summed E-state index contributed by atoms with van der Waals surface area (Å²) < 4.78 is 19.0. The molecular formula is C10H13BFNO2. The zero-order valence-electron chi connectivity index (χ0n) is 8.75. The summed E-state index contributed by atoms with van der Waals surface area (Å²) in [6.07, 6.45) is 0. The fourth-order valence-corrected chi connectivity index (χ4v) is 2.04. The molecule has 0 fully saturated rings. The van der Waals surface area contributed by atoms with E-state index in [4.69, 9.17) is 10.4 Å². The van der Waals surface area contributed by atoms with Gasteiger partial charge in [0.25, 0.3) is 0 Å². The monoisotopic (exact) mass is 209 g/mol. The van der Waals surface area contributed by atoms with Crippen LogP contribution in [0.15, 0.2) is 12.1 Å². The fourth-order valence-electron chi connectivity index (χ4n) is 2.04. The van der Waals surface area contributed by atoms with Crippen molar-refractivity contribution in [3.63, 3.8) is 0 Å². The molecule has 1 aliphatic rings. The first kappa shape index (κ1) is 10.6. The summed E-state index contributed by atoms with van der Waals surface area (Å²) in [4.78, 5) is 0. The zero-order valence-corrected chi connectivity index (χ0v) is 8.75. The van der Waals surface area contributed by atoms with E-state index in [0.717, 1.165) is 0 Å². The van der Waals surface area contributed by atoms with Gasteiger partial charge in [0.2, 0.25) is 0 Å². The maximum atomic E-state index is 13.8. The van der Waals surface area contributed by atoms with Crippen molar-refractivity contribution < 1.29 is 14.1 Å². The second-order valence-electron chi connectivity index (χ2n) is 4.23. The molecule has 1 aliphatic heterocycles. The van der Waals surface area contributed by atoms with Gasteiger partial charge >= 0.3 is 7.12 Å². The molecule has 0 unspecified atom stereocenters. The third kappa shape index (κ3) is 1.56. The fraction of sp³-hybridized carbons (Fsp3) is 0.400. The number of fused-ring (bicyclic) bond motifs is 1. The predicted octanol–water partition coefficient (Wildman–Crippen LogP) is 0.237. The van der Waals surface area contributed by atoms with E-state index in [-0.39, 0.29) is 12.4 Å². The zero-order chi connectivity index (χ0) is 11.2. The molecule has 0 aromatic heterocycles. The summed E-state index contributed by atoms with van der Waals surface area (Å²) in [7, 11) is -1.06. The van der Waals surface area contributed by atoms with Crippen LogP contribution < -0.4 is 11.2 Å². The number of hydrogen-bond donors (Lipinski definition) is 2. The number of benzene rings is 1. The van der Waals surface area contributed by atoms with Crippen LogP contribution in [-0.4, -0.2) is 12.1 Å². The van der Waals surface area contributed by atoms with Crippen LogP contribution in [0.4, 0.5) is 4.39 Å². The molecule has 0 atom stereocenters. The van der Waals surface area contributed by atoms with Crippen LogP contribution >= 0.6 is 0 Å². The van der Waals surface area contributed by atoms with Crippen LogP contribution in [0.5, 0.6) is 0 Å². The van der Waals surface area contributed by atoms with Crippen molar-refractivity contribution in [3.8, 4) is 0 Å². The van der Waals surface area contributed by atoms with Gasteiger partial charge < -0.3 is 15.4 Å². The lowest BCUT2D eigenvalue weighted by Crippen LogP contribution is -2.29. The molecule has 0 radical (unpaired) electrons. The standard InChI is InChI=1S/C10H13BFNO2/c1-10(2)9-7(11(14)15-10)3-6(5-13)4-8(9)12/h3-4,14H,5,13H2,1-2H3. The SMILES string of the molecule is CC1(C)OB(O)c2cc(CN)cc(F)c21. The maximum Gasteiger partial charge on any atom is 0.492 e. The molecule has 3 N–H and O–H groups in total. The van der Waals surface area contributed by atoms with E-state index in [0.29, 0.717) is 16.6 Å². The summed E-state index contributed by atoms with van der Waals surface area (Å²) in [6.45, 7) is 3.71. The minimum absolute atomic E-state index is 0.247. The molecule has 1 aromatic rings. The minimum Gasteiger partial charge on any atom is -0.423 e. The van der Waals surface area contributed by atoms with Crippen LogP contribution in [-0.2, 0) is 16.8 Å². The van der Waals surface area contributed by atoms with Crippen molar-refractivity contribution in [2.24, 2.45) is 5.73 Å². The first-order valence-corrected chi connectivity index (χ1v) is 4.84. The predicted molar refractivity (Wildman–Crippen MR) is 56.0 cm³/mol. The summed E-state index contributed by atoms with van der Waals surface area (Å²) >= 11 is 0. The van der Waals surface area contributed by atoms with Gasteiger partial charge in [-0.2, -0.15) is 0 Å². The number of hydrogen-bond acceptors (Lipinski definition) is 3. The van der Waals surface area contributed by atoms with E-state index in [2.05, 4.69) is 0 Å². The summed E-state index contributed by atoms with van der Waals surface area (Å²) in [5.74, 6) is -0.366. The molecule has 0 amide bonds. The molecule has 0 aliphatic carbocycles. The molecule has 0 bridgehead atoms. The Morgan fingerprint density at radius 3 is 2.80 bits per heavy atom. The van der Waals surface area contributed by atoms with E-state index < -0.39 is 12.7 Å². The van der Waals surface area contributed by atoms with Gasteiger partial charge in [0.05, 0.1) is 5.60 Å². The highest BCUT2D eigenvalue weighted by Gasteiger charge is 2.42. The van der Waals surface area contributed by atoms with Crippen LogP contribution in [0.3, 0.4) is 0 Å². The van der Waals surface area contributed by atoms with Crippen molar-refractivity contribution in [2.45, 2.75) is 26.0 Å². The summed E-state index contributed by atoms with van der Waals surface area (Å²) in [5.41, 5.74) is 6.22. The van der Waals surface area contributed by atoms with Gasteiger partial charge in [0.1, 0.15) is 5.82 Å². The van der Waals surface area contributed by atoms with Gasteiger partial charge in [-0.3, -0.25) is 0 Å². The number of nitrogens with two attached hydrogens (primary N) is 1. The van der Waals surface area contributed by atoms with Gasteiger partial charge in [-0.25, -0.2) is 4.39 Å². The van der Waals surface area contributed by atoms with Crippen molar-refractivity contribution in [2.75, 3.05) is 0 Å². The summed E-state index contributed by atoms with van der Waals surface area (Å²) in [5, 5.41) is 9.63. The smallest absolute Gasteiger partial charge is 0.423 e. The van der Waals surface area contributed by atoms with Crippen molar-refractivity contribution >= 4 is 12.6 Å². The molecule has 15 heavy (non-hydrogen) atoms. The van der Waals surface area contributed by atoms with Gasteiger partial charge in [-0.1, -0.05) is 6.07 Å². The first-order chi connectivity index (χ1) is 6.95. The molecular weight excluding hydrogens is 196 g/mol. The Kier molecular flexibility index (Phi) is 2.33. The quantitative estimate of drug-likeness (QED) is 0.651. The van der Waals surface area contributed by atoms with Crippen LogP contribution in [0.2, 0.25) is 0 Å². The molecule has 5 heteroatoms. The highest BCUT2D eigenvalue weighted by atomic mass is 19.1. The van der Waals surface area contributed by atoms with Crippen LogP contribution in [0.25, 0.3) is 0 Å². The van der Waals surface area contributed by atoms with Gasteiger partial charge in [-0.15, -0.1) is 0 Å². The van der Waals surface area contributed by atoms with E-state index in [1.54, 1.807) is 19.9 Å². The third-order valence-electron chi connectivity index (χ3n) is 2.69. The Morgan fingerprint density at radius 1 is 1.53 bits per heavy atom. The average Bonchev–Trinajstić information content (AvgIpc) is 2.37. The topological polar surface area (TPSA) is 55.5 Å². The largest absolute Gasteiger partial charge is 0.492 e. The lowest BCUT2D eigenvalue weighted by Gasteiger charge is -2.20. The molecule has 1 aromatic carbocycles. The molecule has 80 valence electrons. The van der Waals surface area contributed by atoms with Gasteiger partial charge in [-0.05, 0) is 30.9 Å². The second kappa shape index (κ2) is 3.30. The van der Waals surface area contributed by atoms with Gasteiger partial charge in [0.15, 0.2) is 0 Å². The highest BCUT2D eigenvalue weighted by molar-refractivity contribution is 6.62. The van der Waals surface area contributed by atoms with E-state index in [1.807, 2.05) is 0 Å². The minimum atomic E-state index is -1.06. The van der Waals surface area contributed by atoms with Crippen LogP contribution in [0.1, 0.15) is 25.0 Å². The Morgan fingerprint density at radius 2 is 2.20 bits per heavy atom. The molecule has 0 saturated carbocycles. The summed E-state index contributed by atoms with van der Waals surface area (Å²) in [6, 6.07) is 3.08.